The van der Waals surface area contributed by atoms with Crippen LogP contribution in [0.15, 0.2) is 41.2 Å². The average Bonchev–Trinajstić information content (AvgIpc) is 3.01. The maximum Gasteiger partial charge on any atom is 0.326 e. The zero-order valence-electron chi connectivity index (χ0n) is 16.6. The Balaban J connectivity index is 1.63. The lowest BCUT2D eigenvalue weighted by Crippen LogP contribution is -2.43. The van der Waals surface area contributed by atoms with Crippen molar-refractivity contribution in [3.8, 4) is 0 Å². The van der Waals surface area contributed by atoms with Crippen LogP contribution in [0.4, 0.5) is 4.39 Å². The Morgan fingerprint density at radius 3 is 2.62 bits per heavy atom. The summed E-state index contributed by atoms with van der Waals surface area (Å²) in [6.45, 7) is 4.26. The number of aromatic amines is 1. The minimum Gasteiger partial charge on any atom is -0.373 e. The van der Waals surface area contributed by atoms with Crippen molar-refractivity contribution < 1.29 is 9.13 Å². The molecule has 3 aromatic rings. The smallest absolute Gasteiger partial charge is 0.326 e. The molecule has 0 amide bonds. The van der Waals surface area contributed by atoms with E-state index in [-0.39, 0.29) is 23.0 Å². The van der Waals surface area contributed by atoms with Gasteiger partial charge in [-0.1, -0.05) is 23.7 Å². The van der Waals surface area contributed by atoms with Crippen molar-refractivity contribution >= 4 is 22.6 Å². The molecule has 154 valence electrons. The summed E-state index contributed by atoms with van der Waals surface area (Å²) in [6.07, 6.45) is 1.57. The highest BCUT2D eigenvalue weighted by Gasteiger charge is 2.35. The first-order valence-electron chi connectivity index (χ1n) is 9.86. The number of benzene rings is 2. The molecule has 7 heteroatoms. The van der Waals surface area contributed by atoms with Gasteiger partial charge < -0.3 is 15.0 Å². The fraction of sp³-hybridized carbons (Fsp3) is 0.409. The maximum absolute atomic E-state index is 13.4. The van der Waals surface area contributed by atoms with Crippen molar-refractivity contribution in [1.29, 1.82) is 0 Å². The van der Waals surface area contributed by atoms with Gasteiger partial charge in [-0.05, 0) is 62.7 Å². The van der Waals surface area contributed by atoms with Gasteiger partial charge in [0.15, 0.2) is 0 Å². The van der Waals surface area contributed by atoms with E-state index in [1.54, 1.807) is 17.7 Å². The van der Waals surface area contributed by atoms with Gasteiger partial charge in [-0.15, -0.1) is 0 Å². The minimum absolute atomic E-state index is 0.172. The number of imidazole rings is 1. The molecule has 2 aromatic carbocycles. The molecule has 0 saturated carbocycles. The molecule has 1 aliphatic heterocycles. The number of halogens is 2. The largest absolute Gasteiger partial charge is 0.373 e. The number of H-pyrrole nitrogens is 1. The second-order valence-electron chi connectivity index (χ2n) is 7.87. The number of ether oxygens (including phenoxy) is 1. The van der Waals surface area contributed by atoms with Gasteiger partial charge in [0.1, 0.15) is 5.82 Å². The van der Waals surface area contributed by atoms with E-state index in [1.807, 2.05) is 25.1 Å². The van der Waals surface area contributed by atoms with Crippen LogP contribution >= 0.6 is 11.6 Å². The predicted molar refractivity (Wildman–Crippen MR) is 113 cm³/mol. The van der Waals surface area contributed by atoms with Gasteiger partial charge in [0, 0.05) is 23.0 Å². The third-order valence-electron chi connectivity index (χ3n) is 6.08. The van der Waals surface area contributed by atoms with Crippen LogP contribution in [0.3, 0.4) is 0 Å². The number of nitrogens with zero attached hydrogens (tertiary/aromatic N) is 1. The van der Waals surface area contributed by atoms with Crippen molar-refractivity contribution in [1.82, 2.24) is 14.9 Å². The predicted octanol–water partition coefficient (Wildman–Crippen LogP) is 4.06. The molecule has 29 heavy (non-hydrogen) atoms. The van der Waals surface area contributed by atoms with Gasteiger partial charge in [-0.2, -0.15) is 0 Å². The third-order valence-corrected chi connectivity index (χ3v) is 6.29. The maximum atomic E-state index is 13.4. The summed E-state index contributed by atoms with van der Waals surface area (Å²) >= 11 is 6.31. The van der Waals surface area contributed by atoms with E-state index < -0.39 is 0 Å². The molecule has 4 rings (SSSR count). The molecular formula is C22H25ClFN3O2. The zero-order chi connectivity index (χ0) is 20.6. The van der Waals surface area contributed by atoms with Crippen LogP contribution in [0.2, 0.25) is 5.02 Å². The highest BCUT2D eigenvalue weighted by atomic mass is 35.5. The minimum atomic E-state index is -0.263. The molecule has 5 nitrogen and oxygen atoms in total. The van der Waals surface area contributed by atoms with Crippen molar-refractivity contribution in [2.24, 2.45) is 7.05 Å². The summed E-state index contributed by atoms with van der Waals surface area (Å²) < 4.78 is 21.3. The number of hydrogen-bond acceptors (Lipinski definition) is 3. The summed E-state index contributed by atoms with van der Waals surface area (Å²) in [5.41, 5.74) is 3.09. The molecule has 1 aliphatic rings. The van der Waals surface area contributed by atoms with Crippen LogP contribution < -0.4 is 11.0 Å². The average molecular weight is 418 g/mol. The molecule has 1 atom stereocenters. The van der Waals surface area contributed by atoms with E-state index in [0.29, 0.717) is 11.6 Å². The Labute approximate surface area is 173 Å². The number of aryl methyl sites for hydroxylation is 1. The quantitative estimate of drug-likeness (QED) is 0.658. The summed E-state index contributed by atoms with van der Waals surface area (Å²) in [4.78, 5) is 15.0. The lowest BCUT2D eigenvalue weighted by Gasteiger charge is -2.38. The van der Waals surface area contributed by atoms with Crippen molar-refractivity contribution in [3.63, 3.8) is 0 Å². The van der Waals surface area contributed by atoms with Gasteiger partial charge in [0.25, 0.3) is 0 Å². The van der Waals surface area contributed by atoms with E-state index in [4.69, 9.17) is 16.3 Å². The summed E-state index contributed by atoms with van der Waals surface area (Å²) in [7, 11) is 1.71. The molecular weight excluding hydrogens is 393 g/mol. The van der Waals surface area contributed by atoms with Crippen LogP contribution in [0, 0.1) is 5.82 Å². The first-order valence-corrected chi connectivity index (χ1v) is 10.2. The van der Waals surface area contributed by atoms with Gasteiger partial charge in [0.2, 0.25) is 0 Å². The van der Waals surface area contributed by atoms with Crippen LogP contribution in [0.1, 0.15) is 37.0 Å². The Morgan fingerprint density at radius 2 is 1.93 bits per heavy atom. The summed E-state index contributed by atoms with van der Waals surface area (Å²) in [5.74, 6) is -0.235. The molecule has 0 spiro atoms. The third kappa shape index (κ3) is 3.84. The lowest BCUT2D eigenvalue weighted by atomic mass is 9.74. The number of aromatic nitrogens is 2. The molecule has 1 fully saturated rings. The van der Waals surface area contributed by atoms with Crippen molar-refractivity contribution in [2.45, 2.75) is 31.3 Å². The first-order chi connectivity index (χ1) is 13.9. The molecule has 0 bridgehead atoms. The van der Waals surface area contributed by atoms with Crippen LogP contribution in [-0.2, 0) is 17.2 Å². The topological polar surface area (TPSA) is 59.0 Å². The molecule has 1 aromatic heterocycles. The van der Waals surface area contributed by atoms with Crippen LogP contribution in [0.25, 0.3) is 11.0 Å². The zero-order valence-corrected chi connectivity index (χ0v) is 17.4. The fourth-order valence-corrected chi connectivity index (χ4v) is 4.45. The molecule has 1 unspecified atom stereocenters. The summed E-state index contributed by atoms with van der Waals surface area (Å²) in [5, 5.41) is 3.95. The number of nitrogens with one attached hydrogen (secondary N) is 2. The van der Waals surface area contributed by atoms with Crippen LogP contribution in [-0.4, -0.2) is 29.2 Å². The summed E-state index contributed by atoms with van der Waals surface area (Å²) in [6, 6.07) is 10.4. The van der Waals surface area contributed by atoms with Crippen molar-refractivity contribution in [3.05, 3.63) is 68.8 Å². The molecule has 0 aliphatic carbocycles. The number of rotatable bonds is 5. The first kappa shape index (κ1) is 20.1. The molecule has 2 heterocycles. The highest BCUT2D eigenvalue weighted by Crippen LogP contribution is 2.36. The molecule has 2 N–H and O–H groups in total. The number of fused-ring (bicyclic) bond motifs is 1. The molecule has 1 saturated heterocycles. The van der Waals surface area contributed by atoms with E-state index in [9.17, 15) is 9.18 Å². The normalized spacial score (nSPS) is 17.5. The Hall–Kier alpha value is -2.15. The van der Waals surface area contributed by atoms with Gasteiger partial charge in [0.05, 0.1) is 23.7 Å². The van der Waals surface area contributed by atoms with Crippen molar-refractivity contribution in [2.75, 3.05) is 19.7 Å². The fourth-order valence-electron chi connectivity index (χ4n) is 4.23. The van der Waals surface area contributed by atoms with Gasteiger partial charge >= 0.3 is 5.69 Å². The van der Waals surface area contributed by atoms with E-state index in [2.05, 4.69) is 10.3 Å². The Morgan fingerprint density at radius 1 is 1.24 bits per heavy atom. The van der Waals surface area contributed by atoms with E-state index >= 15 is 0 Å². The van der Waals surface area contributed by atoms with E-state index in [1.165, 1.54) is 12.1 Å². The SMILES string of the molecule is CC(OCC1(c2ccc(F)cc2)CCNCC1)c1cc(Cl)cc2c1[nH]c(=O)n2C. The lowest BCUT2D eigenvalue weighted by molar-refractivity contribution is 0.0172. The molecule has 0 radical (unpaired) electrons. The second-order valence-corrected chi connectivity index (χ2v) is 8.31. The Bertz CT molecular complexity index is 1070. The Kier molecular flexibility index (Phi) is 5.51. The second kappa shape index (κ2) is 7.94. The van der Waals surface area contributed by atoms with E-state index in [0.717, 1.165) is 48.1 Å². The van der Waals surface area contributed by atoms with Crippen LogP contribution in [0.5, 0.6) is 0 Å². The number of piperidine rings is 1. The standard InChI is InChI=1S/C22H25ClFN3O2/c1-14(18-11-16(23)12-19-20(18)26-21(28)27(19)2)29-13-22(7-9-25-10-8-22)15-3-5-17(24)6-4-15/h3-6,11-12,14,25H,7-10,13H2,1-2H3,(H,26,28). The monoisotopic (exact) mass is 417 g/mol. The number of hydrogen-bond donors (Lipinski definition) is 2. The highest BCUT2D eigenvalue weighted by molar-refractivity contribution is 6.31. The van der Waals surface area contributed by atoms with Gasteiger partial charge in [-0.3, -0.25) is 4.57 Å². The van der Waals surface area contributed by atoms with Gasteiger partial charge in [-0.25, -0.2) is 9.18 Å².